The molecule has 2 heterocycles. The minimum absolute atomic E-state index is 0.0222. The van der Waals surface area contributed by atoms with Gasteiger partial charge in [0.2, 0.25) is 11.8 Å². The maximum Gasteiger partial charge on any atom is 0.253 e. The van der Waals surface area contributed by atoms with Crippen LogP contribution in [0.1, 0.15) is 43.5 Å². The van der Waals surface area contributed by atoms with E-state index in [-0.39, 0.29) is 30.6 Å². The highest BCUT2D eigenvalue weighted by molar-refractivity contribution is 6.19. The van der Waals surface area contributed by atoms with E-state index in [0.29, 0.717) is 23.1 Å². The molecule has 0 saturated carbocycles. The first kappa shape index (κ1) is 15.7. The van der Waals surface area contributed by atoms with Crippen molar-refractivity contribution in [3.8, 4) is 0 Å². The number of nitrogens with zero attached hydrogens (tertiary/aromatic N) is 2. The molecule has 23 heavy (non-hydrogen) atoms. The van der Waals surface area contributed by atoms with Gasteiger partial charge in [0.05, 0.1) is 5.69 Å². The highest BCUT2D eigenvalue weighted by Gasteiger charge is 2.31. The lowest BCUT2D eigenvalue weighted by atomic mass is 9.91. The molecule has 0 bridgehead atoms. The van der Waals surface area contributed by atoms with Crippen molar-refractivity contribution in [3.63, 3.8) is 0 Å². The average molecular weight is 314 g/mol. The zero-order valence-electron chi connectivity index (χ0n) is 13.6. The smallest absolute Gasteiger partial charge is 0.253 e. The van der Waals surface area contributed by atoms with Crippen LogP contribution < -0.4 is 4.90 Å². The molecule has 0 spiro atoms. The van der Waals surface area contributed by atoms with E-state index in [2.05, 4.69) is 13.8 Å². The van der Waals surface area contributed by atoms with E-state index in [1.165, 1.54) is 4.90 Å². The molecule has 5 nitrogen and oxygen atoms in total. The molecule has 2 saturated heterocycles. The van der Waals surface area contributed by atoms with Gasteiger partial charge >= 0.3 is 0 Å². The zero-order valence-corrected chi connectivity index (χ0v) is 13.6. The zero-order chi connectivity index (χ0) is 16.6. The number of anilines is 1. The Morgan fingerprint density at radius 3 is 2.00 bits per heavy atom. The number of hydrogen-bond acceptors (Lipinski definition) is 3. The minimum atomic E-state index is -0.173. The fourth-order valence-corrected chi connectivity index (χ4v) is 3.63. The molecule has 2 unspecified atom stereocenters. The molecule has 0 N–H and O–H groups in total. The Balaban J connectivity index is 1.75. The lowest BCUT2D eigenvalue weighted by Gasteiger charge is -2.35. The van der Waals surface area contributed by atoms with Gasteiger partial charge < -0.3 is 4.90 Å². The Morgan fingerprint density at radius 1 is 0.957 bits per heavy atom. The quantitative estimate of drug-likeness (QED) is 0.788. The first-order chi connectivity index (χ1) is 11.0. The molecule has 3 rings (SSSR count). The molecule has 0 radical (unpaired) electrons. The van der Waals surface area contributed by atoms with Gasteiger partial charge in [-0.2, -0.15) is 0 Å². The molecule has 1 aromatic carbocycles. The monoisotopic (exact) mass is 314 g/mol. The summed E-state index contributed by atoms with van der Waals surface area (Å²) in [5, 5.41) is 0. The summed E-state index contributed by atoms with van der Waals surface area (Å²) in [6.45, 7) is 5.91. The maximum atomic E-state index is 12.6. The molecule has 2 aliphatic heterocycles. The van der Waals surface area contributed by atoms with Gasteiger partial charge in [0.25, 0.3) is 5.91 Å². The molecule has 1 aromatic rings. The van der Waals surface area contributed by atoms with E-state index in [9.17, 15) is 14.4 Å². The van der Waals surface area contributed by atoms with Crippen LogP contribution in [0.25, 0.3) is 0 Å². The van der Waals surface area contributed by atoms with Crippen LogP contribution in [-0.4, -0.2) is 35.7 Å². The lowest BCUT2D eigenvalue weighted by Crippen LogP contribution is -2.42. The number of carbonyl (C=O) groups is 3. The van der Waals surface area contributed by atoms with Crippen molar-refractivity contribution in [2.75, 3.05) is 18.0 Å². The predicted octanol–water partition coefficient (Wildman–Crippen LogP) is 2.46. The first-order valence-electron chi connectivity index (χ1n) is 8.21. The Bertz CT molecular complexity index is 612. The van der Waals surface area contributed by atoms with Crippen LogP contribution in [0, 0.1) is 11.8 Å². The minimum Gasteiger partial charge on any atom is -0.338 e. The van der Waals surface area contributed by atoms with Crippen molar-refractivity contribution in [1.82, 2.24) is 4.90 Å². The summed E-state index contributed by atoms with van der Waals surface area (Å²) in [5.74, 6) is 0.707. The third kappa shape index (κ3) is 3.14. The predicted molar refractivity (Wildman–Crippen MR) is 87.0 cm³/mol. The average Bonchev–Trinajstić information content (AvgIpc) is 2.85. The van der Waals surface area contributed by atoms with Crippen LogP contribution in [-0.2, 0) is 9.59 Å². The molecular weight excluding hydrogens is 292 g/mol. The van der Waals surface area contributed by atoms with Gasteiger partial charge in [-0.1, -0.05) is 13.8 Å². The molecule has 5 heteroatoms. The van der Waals surface area contributed by atoms with Crippen LogP contribution in [0.3, 0.4) is 0 Å². The van der Waals surface area contributed by atoms with Crippen LogP contribution in [0.2, 0.25) is 0 Å². The number of likely N-dealkylation sites (tertiary alicyclic amines) is 1. The maximum absolute atomic E-state index is 12.6. The van der Waals surface area contributed by atoms with E-state index < -0.39 is 0 Å². The molecule has 122 valence electrons. The van der Waals surface area contributed by atoms with Gasteiger partial charge in [-0.3, -0.25) is 19.3 Å². The van der Waals surface area contributed by atoms with Crippen LogP contribution in [0.4, 0.5) is 5.69 Å². The molecule has 0 aliphatic carbocycles. The van der Waals surface area contributed by atoms with Crippen molar-refractivity contribution >= 4 is 23.4 Å². The van der Waals surface area contributed by atoms with Gasteiger partial charge in [-0.05, 0) is 42.5 Å². The number of carbonyl (C=O) groups excluding carboxylic acids is 3. The summed E-state index contributed by atoms with van der Waals surface area (Å²) in [7, 11) is 0. The van der Waals surface area contributed by atoms with Gasteiger partial charge in [0, 0.05) is 31.5 Å². The Labute approximate surface area is 136 Å². The normalized spacial score (nSPS) is 25.1. The summed E-state index contributed by atoms with van der Waals surface area (Å²) in [6.07, 6.45) is 1.69. The second-order valence-electron chi connectivity index (χ2n) is 6.83. The Kier molecular flexibility index (Phi) is 4.20. The van der Waals surface area contributed by atoms with Crippen LogP contribution in [0.15, 0.2) is 24.3 Å². The summed E-state index contributed by atoms with van der Waals surface area (Å²) >= 11 is 0. The SMILES string of the molecule is CC1CC(C)CN(C(=O)c2ccc(N3C(=O)CCC3=O)cc2)C1. The molecule has 2 atom stereocenters. The van der Waals surface area contributed by atoms with Crippen molar-refractivity contribution in [1.29, 1.82) is 0 Å². The van der Waals surface area contributed by atoms with Crippen LogP contribution >= 0.6 is 0 Å². The van der Waals surface area contributed by atoms with E-state index in [1.54, 1.807) is 24.3 Å². The second-order valence-corrected chi connectivity index (χ2v) is 6.83. The number of rotatable bonds is 2. The van der Waals surface area contributed by atoms with Crippen molar-refractivity contribution < 1.29 is 14.4 Å². The highest BCUT2D eigenvalue weighted by atomic mass is 16.2. The fraction of sp³-hybridized carbons (Fsp3) is 0.500. The molecular formula is C18H22N2O3. The van der Waals surface area contributed by atoms with E-state index in [1.807, 2.05) is 4.90 Å². The fourth-order valence-electron chi connectivity index (χ4n) is 3.63. The van der Waals surface area contributed by atoms with Crippen molar-refractivity contribution in [3.05, 3.63) is 29.8 Å². The lowest BCUT2D eigenvalue weighted by molar-refractivity contribution is -0.121. The molecule has 2 aliphatic rings. The first-order valence-corrected chi connectivity index (χ1v) is 8.21. The largest absolute Gasteiger partial charge is 0.338 e. The van der Waals surface area contributed by atoms with Gasteiger partial charge in [-0.25, -0.2) is 0 Å². The Morgan fingerprint density at radius 2 is 1.48 bits per heavy atom. The number of hydrogen-bond donors (Lipinski definition) is 0. The number of amides is 3. The highest BCUT2D eigenvalue weighted by Crippen LogP contribution is 2.25. The van der Waals surface area contributed by atoms with Gasteiger partial charge in [0.15, 0.2) is 0 Å². The summed E-state index contributed by atoms with van der Waals surface area (Å²) in [4.78, 5) is 39.2. The van der Waals surface area contributed by atoms with Crippen molar-refractivity contribution in [2.24, 2.45) is 11.8 Å². The van der Waals surface area contributed by atoms with E-state index in [0.717, 1.165) is 19.5 Å². The molecule has 2 fully saturated rings. The van der Waals surface area contributed by atoms with E-state index in [4.69, 9.17) is 0 Å². The van der Waals surface area contributed by atoms with Gasteiger partial charge in [0.1, 0.15) is 0 Å². The second kappa shape index (κ2) is 6.14. The Hall–Kier alpha value is -2.17. The summed E-state index contributed by atoms with van der Waals surface area (Å²) in [5.41, 5.74) is 1.16. The third-order valence-electron chi connectivity index (χ3n) is 4.58. The van der Waals surface area contributed by atoms with E-state index >= 15 is 0 Å². The van der Waals surface area contributed by atoms with Gasteiger partial charge in [-0.15, -0.1) is 0 Å². The summed E-state index contributed by atoms with van der Waals surface area (Å²) < 4.78 is 0. The number of benzene rings is 1. The topological polar surface area (TPSA) is 57.7 Å². The standard InChI is InChI=1S/C18H22N2O3/c1-12-9-13(2)11-19(10-12)18(23)14-3-5-15(6-4-14)20-16(21)7-8-17(20)22/h3-6,12-13H,7-11H2,1-2H3. The van der Waals surface area contributed by atoms with Crippen molar-refractivity contribution in [2.45, 2.75) is 33.1 Å². The number of imide groups is 1. The summed E-state index contributed by atoms with van der Waals surface area (Å²) in [6, 6.07) is 6.79. The number of piperidine rings is 1. The molecule has 0 aromatic heterocycles. The molecule has 3 amide bonds. The van der Waals surface area contributed by atoms with Crippen LogP contribution in [0.5, 0.6) is 0 Å². The third-order valence-corrected chi connectivity index (χ3v) is 4.58.